The fourth-order valence-corrected chi connectivity index (χ4v) is 8.17. The maximum Gasteiger partial charge on any atom is 0.472 e. The van der Waals surface area contributed by atoms with Crippen LogP contribution in [0.1, 0.15) is 24.3 Å². The number of aliphatic hydroxyl groups excluding tert-OH is 2. The van der Waals surface area contributed by atoms with Gasteiger partial charge in [-0.05, 0) is 6.42 Å². The number of rotatable bonds is 2. The Kier molecular flexibility index (Phi) is 7.74. The first-order chi connectivity index (χ1) is 22.3. The summed E-state index contributed by atoms with van der Waals surface area (Å²) < 4.78 is 56.4. The molecule has 3 aliphatic rings. The Hall–Kier alpha value is -3.77. The number of aromatic amines is 1. The topological polar surface area (TPSA) is 308 Å². The van der Waals surface area contributed by atoms with Gasteiger partial charge in [0.2, 0.25) is 5.95 Å². The van der Waals surface area contributed by atoms with Crippen molar-refractivity contribution >= 4 is 49.6 Å². The van der Waals surface area contributed by atoms with Gasteiger partial charge in [0.15, 0.2) is 17.4 Å². The average Bonchev–Trinajstić information content (AvgIpc) is 3.75. The highest BCUT2D eigenvalue weighted by Crippen LogP contribution is 2.55. The van der Waals surface area contributed by atoms with Crippen LogP contribution in [-0.2, 0) is 32.0 Å². The zero-order valence-corrected chi connectivity index (χ0v) is 25.6. The highest BCUT2D eigenvalue weighted by Gasteiger charge is 2.53. The maximum atomic E-state index is 13.3. The Morgan fingerprint density at radius 1 is 1.00 bits per heavy atom. The lowest BCUT2D eigenvalue weighted by Crippen LogP contribution is -2.36. The van der Waals surface area contributed by atoms with E-state index in [1.54, 1.807) is 0 Å². The molecule has 250 valence electrons. The van der Waals surface area contributed by atoms with E-state index in [1.807, 2.05) is 0 Å². The highest BCUT2D eigenvalue weighted by atomic mass is 31.2. The Labute approximate surface area is 262 Å². The van der Waals surface area contributed by atoms with E-state index in [-0.39, 0.29) is 45.9 Å². The number of aliphatic hydroxyl groups is 2. The lowest BCUT2D eigenvalue weighted by molar-refractivity contribution is -0.0550. The molecule has 21 nitrogen and oxygen atoms in total. The van der Waals surface area contributed by atoms with E-state index in [4.69, 9.17) is 40.7 Å². The molecule has 2 aliphatic heterocycles. The summed E-state index contributed by atoms with van der Waals surface area (Å²) in [5.74, 6) is 1.27. The van der Waals surface area contributed by atoms with E-state index in [0.29, 0.717) is 0 Å². The summed E-state index contributed by atoms with van der Waals surface area (Å²) in [4.78, 5) is 52.4. The predicted molar refractivity (Wildman–Crippen MR) is 157 cm³/mol. The molecule has 47 heavy (non-hydrogen) atoms. The predicted octanol–water partition coefficient (Wildman–Crippen LogP) is -1.09. The molecule has 1 saturated carbocycles. The monoisotopic (exact) mass is 695 g/mol. The van der Waals surface area contributed by atoms with Gasteiger partial charge < -0.3 is 45.3 Å². The first kappa shape index (κ1) is 31.8. The summed E-state index contributed by atoms with van der Waals surface area (Å²) in [5.41, 5.74) is 11.3. The minimum atomic E-state index is -5.06. The van der Waals surface area contributed by atoms with Crippen LogP contribution >= 0.6 is 15.6 Å². The molecular formula is C24H27N9O12P2. The number of fused-ring (bicyclic) bond motifs is 5. The van der Waals surface area contributed by atoms with Crippen LogP contribution in [-0.4, -0.2) is 97.8 Å². The van der Waals surface area contributed by atoms with Crippen molar-refractivity contribution in [2.24, 2.45) is 5.92 Å². The van der Waals surface area contributed by atoms with Crippen molar-refractivity contribution in [1.29, 1.82) is 0 Å². The number of hydrogen-bond acceptors (Lipinski definition) is 16. The molecule has 2 bridgehead atoms. The van der Waals surface area contributed by atoms with Gasteiger partial charge in [-0.3, -0.25) is 27.9 Å². The molecule has 0 aromatic carbocycles. The number of terminal acetylenes is 1. The fraction of sp³-hybridized carbons (Fsp3) is 0.458. The maximum absolute atomic E-state index is 13.3. The Bertz CT molecular complexity index is 2080. The number of nitrogens with zero attached hydrogens (tertiary/aromatic N) is 6. The number of phosphoric ester groups is 2. The van der Waals surface area contributed by atoms with Crippen molar-refractivity contribution in [3.05, 3.63) is 34.8 Å². The Balaban J connectivity index is 1.22. The number of hydrogen-bond donors (Lipinski definition) is 7. The quantitative estimate of drug-likeness (QED) is 0.0967. The molecule has 4 aromatic heterocycles. The summed E-state index contributed by atoms with van der Waals surface area (Å²) in [5, 5.41) is 22.7. The smallest absolute Gasteiger partial charge is 0.390 e. The van der Waals surface area contributed by atoms with Crippen LogP contribution in [0.15, 0.2) is 23.6 Å². The molecule has 0 amide bonds. The van der Waals surface area contributed by atoms with E-state index >= 15 is 0 Å². The summed E-state index contributed by atoms with van der Waals surface area (Å²) >= 11 is 0. The molecule has 0 spiro atoms. The van der Waals surface area contributed by atoms with E-state index in [2.05, 4.69) is 30.8 Å². The van der Waals surface area contributed by atoms with E-state index < -0.39 is 83.1 Å². The fourth-order valence-electron chi connectivity index (χ4n) is 6.19. The number of H-pyrrole nitrogens is 1. The SMILES string of the molecule is C#Cc1cn([C@@H]2O[C@@H]3COP(=O)(O)O[C@H]4C(O)[C@@H](COP(=O)(O)OC3[C@@H]2O)C[C@H]4n2cnc3c(=O)[nH]c(N)nc32)c2ncnc(N)c12. The number of anilines is 2. The van der Waals surface area contributed by atoms with E-state index in [0.717, 1.165) is 6.33 Å². The third-order valence-electron chi connectivity index (χ3n) is 8.29. The highest BCUT2D eigenvalue weighted by molar-refractivity contribution is 7.47. The minimum absolute atomic E-state index is 0.00984. The number of ether oxygens (including phenoxy) is 1. The molecular weight excluding hydrogens is 668 g/mol. The van der Waals surface area contributed by atoms with Gasteiger partial charge in [-0.2, -0.15) is 4.98 Å². The Morgan fingerprint density at radius 2 is 1.72 bits per heavy atom. The number of nitrogens with one attached hydrogen (secondary N) is 1. The van der Waals surface area contributed by atoms with Crippen LogP contribution in [0.5, 0.6) is 0 Å². The van der Waals surface area contributed by atoms with Crippen LogP contribution in [0.2, 0.25) is 0 Å². The summed E-state index contributed by atoms with van der Waals surface area (Å²) in [6, 6.07) is -1.01. The van der Waals surface area contributed by atoms with Gasteiger partial charge in [0.25, 0.3) is 5.56 Å². The third-order valence-corrected chi connectivity index (χ3v) is 10.3. The zero-order valence-electron chi connectivity index (χ0n) is 23.8. The first-order valence-electron chi connectivity index (χ1n) is 13.9. The van der Waals surface area contributed by atoms with E-state index in [1.165, 1.54) is 21.7 Å². The molecule has 1 aliphatic carbocycles. The zero-order chi connectivity index (χ0) is 33.4. The standard InChI is InChI=1S/C24H27N9O12P2/c1-2-9-4-32(20-13(9)19(25)27-7-28-20)23-16(35)18-12(43-23)6-42-47(39,40)44-17-11(3-10(15(17)34)5-41-46(37,38)45-18)33-8-29-14-21(33)30-24(26)31-22(14)36/h1,4,7-8,10-12,15-18,23,34-35H,3,5-6H2,(H,37,38)(H,39,40)(H2,25,27,28)(H3,26,30,31,36)/t10-,11-,12-,15?,16+,17-,18?,23-/m1/s1. The van der Waals surface area contributed by atoms with Crippen LogP contribution in [0, 0.1) is 18.3 Å². The molecule has 3 fully saturated rings. The van der Waals surface area contributed by atoms with Crippen LogP contribution in [0.4, 0.5) is 11.8 Å². The van der Waals surface area contributed by atoms with Gasteiger partial charge in [0.1, 0.15) is 42.2 Å². The van der Waals surface area contributed by atoms with Crippen LogP contribution < -0.4 is 17.0 Å². The Morgan fingerprint density at radius 3 is 2.47 bits per heavy atom. The van der Waals surface area contributed by atoms with Gasteiger partial charge in [-0.1, -0.05) is 5.92 Å². The van der Waals surface area contributed by atoms with Gasteiger partial charge >= 0.3 is 15.6 Å². The average molecular weight is 695 g/mol. The van der Waals surface area contributed by atoms with Crippen LogP contribution in [0.3, 0.4) is 0 Å². The van der Waals surface area contributed by atoms with Gasteiger partial charge in [0.05, 0.1) is 42.6 Å². The molecule has 4 unspecified atom stereocenters. The van der Waals surface area contributed by atoms with Gasteiger partial charge in [-0.25, -0.2) is 24.1 Å². The first-order valence-corrected chi connectivity index (χ1v) is 16.9. The number of nitrogens with two attached hydrogens (primary N) is 2. The van der Waals surface area contributed by atoms with Crippen molar-refractivity contribution < 1.29 is 52.0 Å². The van der Waals surface area contributed by atoms with Crippen LogP contribution in [0.25, 0.3) is 22.2 Å². The lowest BCUT2D eigenvalue weighted by Gasteiger charge is -2.26. The molecule has 7 rings (SSSR count). The number of nitrogen functional groups attached to an aromatic ring is 2. The van der Waals surface area contributed by atoms with Crippen molar-refractivity contribution in [2.45, 2.75) is 49.2 Å². The molecule has 6 heterocycles. The largest absolute Gasteiger partial charge is 0.472 e. The van der Waals surface area contributed by atoms with Gasteiger partial charge in [-0.15, -0.1) is 6.42 Å². The number of imidazole rings is 1. The second-order valence-corrected chi connectivity index (χ2v) is 13.9. The molecule has 23 heteroatoms. The summed E-state index contributed by atoms with van der Waals surface area (Å²) in [6.07, 6.45) is 0.0295. The molecule has 9 N–H and O–H groups in total. The van der Waals surface area contributed by atoms with Crippen molar-refractivity contribution in [3.63, 3.8) is 0 Å². The number of aromatic nitrogens is 7. The normalized spacial score (nSPS) is 36.4. The van der Waals surface area contributed by atoms with Crippen molar-refractivity contribution in [2.75, 3.05) is 24.7 Å². The third kappa shape index (κ3) is 5.52. The minimum Gasteiger partial charge on any atom is -0.390 e. The molecule has 2 saturated heterocycles. The number of phosphoric acid groups is 2. The molecule has 0 radical (unpaired) electrons. The second kappa shape index (κ2) is 11.4. The van der Waals surface area contributed by atoms with Gasteiger partial charge in [0, 0.05) is 12.1 Å². The second-order valence-electron chi connectivity index (χ2n) is 11.1. The molecule has 4 aromatic rings. The van der Waals surface area contributed by atoms with E-state index in [9.17, 15) is 33.9 Å². The summed E-state index contributed by atoms with van der Waals surface area (Å²) in [6.45, 7) is -1.42. The molecule has 10 atom stereocenters. The van der Waals surface area contributed by atoms with Crippen molar-refractivity contribution in [3.8, 4) is 12.3 Å². The summed E-state index contributed by atoms with van der Waals surface area (Å²) in [7, 11) is -10.1. The van der Waals surface area contributed by atoms with Crippen molar-refractivity contribution in [1.82, 2.24) is 34.1 Å². The lowest BCUT2D eigenvalue weighted by atomic mass is 10.1.